The van der Waals surface area contributed by atoms with E-state index < -0.39 is 36.1 Å². The van der Waals surface area contributed by atoms with Crippen LogP contribution in [0.2, 0.25) is 5.02 Å². The normalized spacial score (nSPS) is 11.6. The van der Waals surface area contributed by atoms with E-state index in [1.54, 1.807) is 76.2 Å². The molecule has 0 aliphatic rings. The van der Waals surface area contributed by atoms with Crippen molar-refractivity contribution in [3.63, 3.8) is 0 Å². The first-order valence-electron chi connectivity index (χ1n) is 10.3. The van der Waals surface area contributed by atoms with Crippen molar-refractivity contribution in [3.05, 3.63) is 64.7 Å². The molecule has 2 aromatic rings. The monoisotopic (exact) mass is 470 g/mol. The molecule has 8 nitrogen and oxygen atoms in total. The molecule has 33 heavy (non-hydrogen) atoms. The standard InChI is InChI=1S/C24H27ClN4O4/c1-16-9-8-12-18(25)20(16)28-22(31)21(17-10-6-5-7-11-17)29(14-13-26)19(30)15-27-23(32)33-24(2,3)4/h5-12,21H,14-15H2,1-4H3,(H,27,32)(H,28,31). The number of alkyl carbamates (subject to hydrolysis) is 1. The van der Waals surface area contributed by atoms with Gasteiger partial charge in [-0.15, -0.1) is 0 Å². The topological polar surface area (TPSA) is 112 Å². The van der Waals surface area contributed by atoms with Gasteiger partial charge in [-0.3, -0.25) is 9.59 Å². The third-order valence-electron chi connectivity index (χ3n) is 4.49. The van der Waals surface area contributed by atoms with Crippen molar-refractivity contribution in [1.29, 1.82) is 5.26 Å². The lowest BCUT2D eigenvalue weighted by atomic mass is 10.0. The van der Waals surface area contributed by atoms with Gasteiger partial charge in [0, 0.05) is 0 Å². The Morgan fingerprint density at radius 3 is 2.36 bits per heavy atom. The summed E-state index contributed by atoms with van der Waals surface area (Å²) in [6, 6.07) is 14.6. The van der Waals surface area contributed by atoms with Crippen molar-refractivity contribution < 1.29 is 19.1 Å². The van der Waals surface area contributed by atoms with Gasteiger partial charge in [-0.25, -0.2) is 4.79 Å². The molecule has 9 heteroatoms. The maximum Gasteiger partial charge on any atom is 0.408 e. The van der Waals surface area contributed by atoms with Crippen molar-refractivity contribution in [2.24, 2.45) is 0 Å². The van der Waals surface area contributed by atoms with Crippen LogP contribution in [0.5, 0.6) is 0 Å². The van der Waals surface area contributed by atoms with Crippen molar-refractivity contribution in [3.8, 4) is 6.07 Å². The van der Waals surface area contributed by atoms with Crippen LogP contribution in [0, 0.1) is 18.3 Å². The maximum absolute atomic E-state index is 13.4. The first kappa shape index (κ1) is 25.7. The molecule has 0 saturated carbocycles. The summed E-state index contributed by atoms with van der Waals surface area (Å²) < 4.78 is 5.15. The Bertz CT molecular complexity index is 1020. The van der Waals surface area contributed by atoms with Crippen LogP contribution in [0.15, 0.2) is 48.5 Å². The molecule has 1 atom stereocenters. The molecule has 1 unspecified atom stereocenters. The Morgan fingerprint density at radius 1 is 1.12 bits per heavy atom. The van der Waals surface area contributed by atoms with Crippen LogP contribution >= 0.6 is 11.6 Å². The van der Waals surface area contributed by atoms with Crippen LogP contribution in [0.4, 0.5) is 10.5 Å². The van der Waals surface area contributed by atoms with E-state index >= 15 is 0 Å². The second kappa shape index (κ2) is 11.3. The van der Waals surface area contributed by atoms with E-state index in [0.717, 1.165) is 10.5 Å². The minimum atomic E-state index is -1.13. The van der Waals surface area contributed by atoms with E-state index in [1.807, 2.05) is 6.07 Å². The van der Waals surface area contributed by atoms with Crippen LogP contribution < -0.4 is 10.6 Å². The number of hydrogen-bond acceptors (Lipinski definition) is 5. The number of nitrogens with zero attached hydrogens (tertiary/aromatic N) is 2. The lowest BCUT2D eigenvalue weighted by molar-refractivity contribution is -0.137. The van der Waals surface area contributed by atoms with Gasteiger partial charge >= 0.3 is 6.09 Å². The van der Waals surface area contributed by atoms with E-state index in [4.69, 9.17) is 16.3 Å². The van der Waals surface area contributed by atoms with Gasteiger partial charge in [0.25, 0.3) is 5.91 Å². The van der Waals surface area contributed by atoms with Gasteiger partial charge in [-0.1, -0.05) is 54.1 Å². The Hall–Kier alpha value is -3.57. The highest BCUT2D eigenvalue weighted by Gasteiger charge is 2.32. The van der Waals surface area contributed by atoms with Crippen molar-refractivity contribution in [2.45, 2.75) is 39.3 Å². The summed E-state index contributed by atoms with van der Waals surface area (Å²) in [5.74, 6) is -1.17. The number of para-hydroxylation sites is 1. The zero-order chi connectivity index (χ0) is 24.6. The van der Waals surface area contributed by atoms with E-state index in [1.165, 1.54) is 0 Å². The van der Waals surface area contributed by atoms with Crippen LogP contribution in [-0.4, -0.2) is 41.5 Å². The van der Waals surface area contributed by atoms with E-state index in [2.05, 4.69) is 10.6 Å². The molecule has 0 spiro atoms. The lowest BCUT2D eigenvalue weighted by Gasteiger charge is -2.30. The summed E-state index contributed by atoms with van der Waals surface area (Å²) >= 11 is 6.26. The summed E-state index contributed by atoms with van der Waals surface area (Å²) in [5, 5.41) is 14.9. The number of carbonyl (C=O) groups excluding carboxylic acids is 3. The number of amides is 3. The molecule has 0 radical (unpaired) electrons. The lowest BCUT2D eigenvalue weighted by Crippen LogP contribution is -2.46. The van der Waals surface area contributed by atoms with Crippen molar-refractivity contribution >= 4 is 35.2 Å². The average Bonchev–Trinajstić information content (AvgIpc) is 2.74. The fraction of sp³-hybridized carbons (Fsp3) is 0.333. The number of rotatable bonds is 7. The second-order valence-electron chi connectivity index (χ2n) is 8.27. The smallest absolute Gasteiger partial charge is 0.408 e. The first-order chi connectivity index (χ1) is 15.5. The molecule has 174 valence electrons. The number of nitriles is 1. The Morgan fingerprint density at radius 2 is 1.79 bits per heavy atom. The van der Waals surface area contributed by atoms with Crippen LogP contribution in [0.25, 0.3) is 0 Å². The molecule has 3 amide bonds. The number of carbonyl (C=O) groups is 3. The number of ether oxygens (including phenoxy) is 1. The molecule has 2 N–H and O–H groups in total. The zero-order valence-corrected chi connectivity index (χ0v) is 19.8. The summed E-state index contributed by atoms with van der Waals surface area (Å²) in [6.07, 6.45) is -0.778. The second-order valence-corrected chi connectivity index (χ2v) is 8.68. The molecular weight excluding hydrogens is 444 g/mol. The predicted octanol–water partition coefficient (Wildman–Crippen LogP) is 4.21. The number of nitrogens with one attached hydrogen (secondary N) is 2. The molecule has 0 saturated heterocycles. The number of hydrogen-bond donors (Lipinski definition) is 2. The first-order valence-corrected chi connectivity index (χ1v) is 10.7. The predicted molar refractivity (Wildman–Crippen MR) is 126 cm³/mol. The SMILES string of the molecule is Cc1cccc(Cl)c1NC(=O)C(c1ccccc1)N(CC#N)C(=O)CNC(=O)OC(C)(C)C. The Kier molecular flexibility index (Phi) is 8.83. The van der Waals surface area contributed by atoms with E-state index in [9.17, 15) is 19.6 Å². The minimum absolute atomic E-state index is 0.347. The van der Waals surface area contributed by atoms with Gasteiger partial charge in [0.15, 0.2) is 0 Å². The van der Waals surface area contributed by atoms with Crippen molar-refractivity contribution in [1.82, 2.24) is 10.2 Å². The summed E-state index contributed by atoms with van der Waals surface area (Å²) in [5.41, 5.74) is 0.924. The van der Waals surface area contributed by atoms with Gasteiger partial charge in [-0.2, -0.15) is 5.26 Å². The highest BCUT2D eigenvalue weighted by molar-refractivity contribution is 6.34. The zero-order valence-electron chi connectivity index (χ0n) is 19.0. The minimum Gasteiger partial charge on any atom is -0.444 e. The summed E-state index contributed by atoms with van der Waals surface area (Å²) in [6.45, 7) is 6.07. The van der Waals surface area contributed by atoms with Gasteiger partial charge < -0.3 is 20.3 Å². The third-order valence-corrected chi connectivity index (χ3v) is 4.80. The number of benzene rings is 2. The van der Waals surface area contributed by atoms with E-state index in [-0.39, 0.29) is 6.54 Å². The molecule has 0 aliphatic heterocycles. The molecule has 0 aromatic heterocycles. The van der Waals surface area contributed by atoms with Crippen molar-refractivity contribution in [2.75, 3.05) is 18.4 Å². The van der Waals surface area contributed by atoms with Crippen LogP contribution in [0.3, 0.4) is 0 Å². The molecule has 0 bridgehead atoms. The molecule has 2 rings (SSSR count). The highest BCUT2D eigenvalue weighted by Crippen LogP contribution is 2.28. The van der Waals surface area contributed by atoms with Gasteiger partial charge in [-0.05, 0) is 44.9 Å². The quantitative estimate of drug-likeness (QED) is 0.589. The molecule has 2 aromatic carbocycles. The number of halogens is 1. The van der Waals surface area contributed by atoms with Crippen LogP contribution in [-0.2, 0) is 14.3 Å². The molecule has 0 fully saturated rings. The van der Waals surface area contributed by atoms with Gasteiger partial charge in [0.2, 0.25) is 5.91 Å². The summed E-state index contributed by atoms with van der Waals surface area (Å²) in [4.78, 5) is 39.5. The fourth-order valence-corrected chi connectivity index (χ4v) is 3.32. The maximum atomic E-state index is 13.4. The fourth-order valence-electron chi connectivity index (χ4n) is 3.05. The number of anilines is 1. The Balaban J connectivity index is 2.33. The largest absolute Gasteiger partial charge is 0.444 e. The molecule has 0 heterocycles. The molecule has 0 aliphatic carbocycles. The van der Waals surface area contributed by atoms with E-state index in [0.29, 0.717) is 16.3 Å². The van der Waals surface area contributed by atoms with Gasteiger partial charge in [0.05, 0.1) is 16.8 Å². The Labute approximate surface area is 198 Å². The van der Waals surface area contributed by atoms with Gasteiger partial charge in [0.1, 0.15) is 24.7 Å². The molecular formula is C24H27ClN4O4. The van der Waals surface area contributed by atoms with Crippen LogP contribution in [0.1, 0.15) is 37.9 Å². The number of aryl methyl sites for hydroxylation is 1. The summed E-state index contributed by atoms with van der Waals surface area (Å²) in [7, 11) is 0. The average molecular weight is 471 g/mol. The third kappa shape index (κ3) is 7.51. The highest BCUT2D eigenvalue weighted by atomic mass is 35.5.